The van der Waals surface area contributed by atoms with Gasteiger partial charge in [0.2, 0.25) is 0 Å². The first-order chi connectivity index (χ1) is 8.08. The van der Waals surface area contributed by atoms with Crippen LogP contribution in [0.4, 0.5) is 0 Å². The molecule has 0 saturated carbocycles. The second-order valence-electron chi connectivity index (χ2n) is 4.71. The number of aryl methyl sites for hydroxylation is 1. The molecule has 4 nitrogen and oxygen atoms in total. The fraction of sp³-hybridized carbons (Fsp3) is 0.462. The monoisotopic (exact) mass is 234 g/mol. The lowest BCUT2D eigenvalue weighted by Crippen LogP contribution is -2.35. The number of nitrogens with two attached hydrogens (primary N) is 1. The van der Waals surface area contributed by atoms with Gasteiger partial charge in [0.05, 0.1) is 0 Å². The molecule has 3 N–H and O–H groups in total. The first-order valence-electron chi connectivity index (χ1n) is 5.85. The molecule has 1 aromatic carbocycles. The van der Waals surface area contributed by atoms with Crippen molar-refractivity contribution in [2.75, 3.05) is 6.54 Å². The van der Waals surface area contributed by atoms with Gasteiger partial charge in [-0.15, -0.1) is 0 Å². The number of carboxylic acids is 1. The van der Waals surface area contributed by atoms with Gasteiger partial charge in [0.1, 0.15) is 6.04 Å². The zero-order valence-electron chi connectivity index (χ0n) is 9.97. The molecule has 1 aromatic rings. The van der Waals surface area contributed by atoms with E-state index < -0.39 is 12.0 Å². The Kier molecular flexibility index (Phi) is 3.45. The lowest BCUT2D eigenvalue weighted by molar-refractivity contribution is -0.142. The number of hydrogen-bond acceptors (Lipinski definition) is 3. The molecule has 0 aliphatic carbocycles. The van der Waals surface area contributed by atoms with E-state index in [-0.39, 0.29) is 6.04 Å². The highest BCUT2D eigenvalue weighted by molar-refractivity contribution is 5.74. The van der Waals surface area contributed by atoms with Crippen LogP contribution in [-0.4, -0.2) is 34.6 Å². The molecule has 0 spiro atoms. The maximum absolute atomic E-state index is 11.1. The van der Waals surface area contributed by atoms with Crippen LogP contribution in [0.2, 0.25) is 0 Å². The normalized spacial score (nSPS) is 25.1. The number of rotatable bonds is 3. The predicted molar refractivity (Wildman–Crippen MR) is 65.6 cm³/mol. The van der Waals surface area contributed by atoms with Gasteiger partial charge in [0.15, 0.2) is 0 Å². The average molecular weight is 234 g/mol. The van der Waals surface area contributed by atoms with Crippen LogP contribution in [0.1, 0.15) is 17.5 Å². The quantitative estimate of drug-likeness (QED) is 0.818. The summed E-state index contributed by atoms with van der Waals surface area (Å²) >= 11 is 0. The maximum Gasteiger partial charge on any atom is 0.320 e. The Bertz CT molecular complexity index is 420. The number of likely N-dealkylation sites (tertiary alicyclic amines) is 1. The molecule has 1 heterocycles. The summed E-state index contributed by atoms with van der Waals surface area (Å²) in [5.41, 5.74) is 8.21. The molecule has 0 amide bonds. The molecule has 2 unspecified atom stereocenters. The van der Waals surface area contributed by atoms with Crippen LogP contribution in [0.5, 0.6) is 0 Å². The van der Waals surface area contributed by atoms with Crippen LogP contribution in [0.15, 0.2) is 24.3 Å². The standard InChI is InChI=1S/C13H18N2O2/c1-9-4-2-3-5-10(9)7-15-8-11(14)6-12(15)13(16)17/h2-5,11-12H,6-8,14H2,1H3,(H,16,17). The summed E-state index contributed by atoms with van der Waals surface area (Å²) in [6.07, 6.45) is 0.543. The minimum atomic E-state index is -0.772. The van der Waals surface area contributed by atoms with Gasteiger partial charge in [0, 0.05) is 19.1 Å². The van der Waals surface area contributed by atoms with Crippen molar-refractivity contribution in [3.8, 4) is 0 Å². The number of nitrogens with zero attached hydrogens (tertiary/aromatic N) is 1. The molecule has 1 aliphatic heterocycles. The van der Waals surface area contributed by atoms with Crippen LogP contribution in [0.25, 0.3) is 0 Å². The van der Waals surface area contributed by atoms with Crippen molar-refractivity contribution in [2.24, 2.45) is 5.73 Å². The molecule has 1 fully saturated rings. The molecular weight excluding hydrogens is 216 g/mol. The molecule has 92 valence electrons. The second-order valence-corrected chi connectivity index (χ2v) is 4.71. The Morgan fingerprint density at radius 1 is 1.53 bits per heavy atom. The number of carboxylic acid groups (broad SMARTS) is 1. The number of carbonyl (C=O) groups is 1. The average Bonchev–Trinajstić information content (AvgIpc) is 2.63. The van der Waals surface area contributed by atoms with Crippen LogP contribution >= 0.6 is 0 Å². The van der Waals surface area contributed by atoms with Crippen molar-refractivity contribution in [3.63, 3.8) is 0 Å². The highest BCUT2D eigenvalue weighted by Gasteiger charge is 2.34. The molecule has 2 rings (SSSR count). The fourth-order valence-corrected chi connectivity index (χ4v) is 2.38. The van der Waals surface area contributed by atoms with Gasteiger partial charge < -0.3 is 10.8 Å². The van der Waals surface area contributed by atoms with E-state index in [1.54, 1.807) is 0 Å². The third-order valence-electron chi connectivity index (χ3n) is 3.36. The maximum atomic E-state index is 11.1. The first kappa shape index (κ1) is 12.1. The van der Waals surface area contributed by atoms with Crippen molar-refractivity contribution >= 4 is 5.97 Å². The summed E-state index contributed by atoms with van der Waals surface area (Å²) in [7, 11) is 0. The van der Waals surface area contributed by atoms with Crippen molar-refractivity contribution in [3.05, 3.63) is 35.4 Å². The Hall–Kier alpha value is -1.39. The molecule has 0 bridgehead atoms. The zero-order valence-corrected chi connectivity index (χ0v) is 9.97. The van der Waals surface area contributed by atoms with E-state index >= 15 is 0 Å². The Balaban J connectivity index is 2.13. The van der Waals surface area contributed by atoms with Gasteiger partial charge >= 0.3 is 5.97 Å². The SMILES string of the molecule is Cc1ccccc1CN1CC(N)CC1C(=O)O. The van der Waals surface area contributed by atoms with Gasteiger partial charge in [-0.05, 0) is 24.5 Å². The van der Waals surface area contributed by atoms with Crippen molar-refractivity contribution in [1.82, 2.24) is 4.90 Å². The summed E-state index contributed by atoms with van der Waals surface area (Å²) in [5, 5.41) is 9.15. The second kappa shape index (κ2) is 4.85. The minimum absolute atomic E-state index is 0.0277. The van der Waals surface area contributed by atoms with Gasteiger partial charge in [-0.25, -0.2) is 0 Å². The summed E-state index contributed by atoms with van der Waals surface area (Å²) in [6.45, 7) is 3.36. The van der Waals surface area contributed by atoms with E-state index in [1.807, 2.05) is 36.1 Å². The molecule has 2 atom stereocenters. The van der Waals surface area contributed by atoms with E-state index in [0.717, 1.165) is 0 Å². The summed E-state index contributed by atoms with van der Waals surface area (Å²) < 4.78 is 0. The largest absolute Gasteiger partial charge is 0.480 e. The molecule has 0 aromatic heterocycles. The molecule has 4 heteroatoms. The smallest absolute Gasteiger partial charge is 0.320 e. The highest BCUT2D eigenvalue weighted by atomic mass is 16.4. The number of hydrogen-bond donors (Lipinski definition) is 2. The van der Waals surface area contributed by atoms with Gasteiger partial charge in [-0.1, -0.05) is 24.3 Å². The van der Waals surface area contributed by atoms with Crippen molar-refractivity contribution < 1.29 is 9.90 Å². The van der Waals surface area contributed by atoms with E-state index in [0.29, 0.717) is 19.5 Å². The van der Waals surface area contributed by atoms with Gasteiger partial charge in [-0.2, -0.15) is 0 Å². The summed E-state index contributed by atoms with van der Waals surface area (Å²) in [5.74, 6) is -0.772. The van der Waals surface area contributed by atoms with Crippen molar-refractivity contribution in [2.45, 2.75) is 32.0 Å². The Labute approximate surface area is 101 Å². The highest BCUT2D eigenvalue weighted by Crippen LogP contribution is 2.21. The van der Waals surface area contributed by atoms with E-state index in [2.05, 4.69) is 0 Å². The zero-order chi connectivity index (χ0) is 12.4. The molecule has 17 heavy (non-hydrogen) atoms. The lowest BCUT2D eigenvalue weighted by Gasteiger charge is -2.21. The number of benzene rings is 1. The van der Waals surface area contributed by atoms with E-state index in [9.17, 15) is 4.79 Å². The summed E-state index contributed by atoms with van der Waals surface area (Å²) in [4.78, 5) is 13.1. The third-order valence-corrected chi connectivity index (χ3v) is 3.36. The van der Waals surface area contributed by atoms with Crippen LogP contribution in [-0.2, 0) is 11.3 Å². The Morgan fingerprint density at radius 3 is 2.88 bits per heavy atom. The van der Waals surface area contributed by atoms with E-state index in [4.69, 9.17) is 10.8 Å². The lowest BCUT2D eigenvalue weighted by atomic mass is 10.1. The van der Waals surface area contributed by atoms with Crippen LogP contribution < -0.4 is 5.73 Å². The van der Waals surface area contributed by atoms with Crippen molar-refractivity contribution in [1.29, 1.82) is 0 Å². The number of aliphatic carboxylic acids is 1. The third kappa shape index (κ3) is 2.65. The first-order valence-corrected chi connectivity index (χ1v) is 5.85. The summed E-state index contributed by atoms with van der Waals surface area (Å²) in [6, 6.07) is 7.58. The van der Waals surface area contributed by atoms with Crippen LogP contribution in [0.3, 0.4) is 0 Å². The van der Waals surface area contributed by atoms with Gasteiger partial charge in [-0.3, -0.25) is 9.69 Å². The Morgan fingerprint density at radius 2 is 2.24 bits per heavy atom. The topological polar surface area (TPSA) is 66.6 Å². The molecule has 1 saturated heterocycles. The molecule has 0 radical (unpaired) electrons. The minimum Gasteiger partial charge on any atom is -0.480 e. The molecular formula is C13H18N2O2. The van der Waals surface area contributed by atoms with Gasteiger partial charge in [0.25, 0.3) is 0 Å². The van der Waals surface area contributed by atoms with Crippen LogP contribution in [0, 0.1) is 6.92 Å². The van der Waals surface area contributed by atoms with E-state index in [1.165, 1.54) is 11.1 Å². The fourth-order valence-electron chi connectivity index (χ4n) is 2.38. The molecule has 1 aliphatic rings. The predicted octanol–water partition coefficient (Wildman–Crippen LogP) is 0.981.